The number of fused-ring (bicyclic) bond motifs is 2. The fourth-order valence-corrected chi connectivity index (χ4v) is 4.21. The van der Waals surface area contributed by atoms with Crippen molar-refractivity contribution in [2.24, 2.45) is 0 Å². The van der Waals surface area contributed by atoms with Gasteiger partial charge in [0.1, 0.15) is 0 Å². The van der Waals surface area contributed by atoms with Crippen molar-refractivity contribution in [3.05, 3.63) is 0 Å². The Balaban J connectivity index is 1.90. The first-order valence-corrected chi connectivity index (χ1v) is 8.51. The molecule has 110 valence electrons. The Bertz CT molecular complexity index is 423. The van der Waals surface area contributed by atoms with Gasteiger partial charge < -0.3 is 10.1 Å². The van der Waals surface area contributed by atoms with Crippen LogP contribution in [0.25, 0.3) is 0 Å². The summed E-state index contributed by atoms with van der Waals surface area (Å²) in [7, 11) is -3.35. The van der Waals surface area contributed by atoms with Gasteiger partial charge in [0.05, 0.1) is 18.8 Å². The van der Waals surface area contributed by atoms with Crippen molar-refractivity contribution in [3.63, 3.8) is 0 Å². The van der Waals surface area contributed by atoms with Crippen molar-refractivity contribution >= 4 is 16.0 Å². The Labute approximate surface area is 114 Å². The summed E-state index contributed by atoms with van der Waals surface area (Å²) in [5, 5.41) is 3.44. The number of nitrogens with one attached hydrogen (secondary N) is 1. The molecule has 6 nitrogen and oxygen atoms in total. The Morgan fingerprint density at radius 3 is 2.79 bits per heavy atom. The maximum atomic E-state index is 12.2. The minimum absolute atomic E-state index is 0.0613. The lowest BCUT2D eigenvalue weighted by atomic mass is 10.1. The van der Waals surface area contributed by atoms with Crippen molar-refractivity contribution in [1.82, 2.24) is 9.62 Å². The first-order valence-electron chi connectivity index (χ1n) is 6.90. The molecule has 2 bridgehead atoms. The van der Waals surface area contributed by atoms with E-state index in [2.05, 4.69) is 5.32 Å². The predicted octanol–water partition coefficient (Wildman–Crippen LogP) is 0.0957. The van der Waals surface area contributed by atoms with Crippen molar-refractivity contribution in [1.29, 1.82) is 0 Å². The normalized spacial score (nSPS) is 28.1. The SMILES string of the molecule is CCOC(=O)CCS(=O)(=O)N1CCC2CCC(C1)N2. The number of hydrogen-bond acceptors (Lipinski definition) is 5. The minimum atomic E-state index is -3.35. The molecule has 2 aliphatic rings. The van der Waals surface area contributed by atoms with Gasteiger partial charge in [-0.1, -0.05) is 0 Å². The van der Waals surface area contributed by atoms with E-state index >= 15 is 0 Å². The van der Waals surface area contributed by atoms with E-state index in [0.717, 1.165) is 19.3 Å². The topological polar surface area (TPSA) is 75.7 Å². The summed E-state index contributed by atoms with van der Waals surface area (Å²) < 4.78 is 30.7. The van der Waals surface area contributed by atoms with Crippen LogP contribution in [0, 0.1) is 0 Å². The molecular formula is C12H22N2O4S. The predicted molar refractivity (Wildman–Crippen MR) is 71.2 cm³/mol. The molecule has 0 aromatic rings. The highest BCUT2D eigenvalue weighted by Gasteiger charge is 2.34. The summed E-state index contributed by atoms with van der Waals surface area (Å²) in [5.74, 6) is -0.594. The van der Waals surface area contributed by atoms with Crippen LogP contribution in [0.3, 0.4) is 0 Å². The summed E-state index contributed by atoms with van der Waals surface area (Å²) in [6.45, 7) is 3.08. The van der Waals surface area contributed by atoms with Crippen LogP contribution in [0.4, 0.5) is 0 Å². The molecule has 19 heavy (non-hydrogen) atoms. The van der Waals surface area contributed by atoms with Gasteiger partial charge in [0.15, 0.2) is 0 Å². The molecule has 0 aromatic heterocycles. The number of hydrogen-bond donors (Lipinski definition) is 1. The van der Waals surface area contributed by atoms with Crippen LogP contribution in [0.5, 0.6) is 0 Å². The second kappa shape index (κ2) is 6.19. The molecule has 2 unspecified atom stereocenters. The third kappa shape index (κ3) is 3.90. The molecule has 2 fully saturated rings. The molecule has 0 spiro atoms. The number of carbonyl (C=O) groups excluding carboxylic acids is 1. The van der Waals surface area contributed by atoms with Crippen molar-refractivity contribution in [2.45, 2.75) is 44.7 Å². The summed E-state index contributed by atoms with van der Waals surface area (Å²) in [5.41, 5.74) is 0. The van der Waals surface area contributed by atoms with E-state index in [-0.39, 0.29) is 24.8 Å². The van der Waals surface area contributed by atoms with Crippen LogP contribution in [-0.4, -0.2) is 56.2 Å². The van der Waals surface area contributed by atoms with Gasteiger partial charge in [-0.2, -0.15) is 0 Å². The van der Waals surface area contributed by atoms with Gasteiger partial charge in [-0.05, 0) is 26.2 Å². The molecule has 0 aromatic carbocycles. The van der Waals surface area contributed by atoms with Gasteiger partial charge >= 0.3 is 5.97 Å². The Kier molecular flexibility index (Phi) is 4.81. The molecule has 2 rings (SSSR count). The van der Waals surface area contributed by atoms with E-state index in [1.54, 1.807) is 6.92 Å². The van der Waals surface area contributed by atoms with Crippen LogP contribution < -0.4 is 5.32 Å². The molecule has 0 amide bonds. The molecule has 1 N–H and O–H groups in total. The van der Waals surface area contributed by atoms with Gasteiger partial charge in [0, 0.05) is 25.2 Å². The zero-order valence-corrected chi connectivity index (χ0v) is 12.1. The molecule has 2 atom stereocenters. The molecule has 2 saturated heterocycles. The average molecular weight is 290 g/mol. The fraction of sp³-hybridized carbons (Fsp3) is 0.917. The molecule has 0 aliphatic carbocycles. The molecule has 0 radical (unpaired) electrons. The Hall–Kier alpha value is -0.660. The summed E-state index contributed by atoms with van der Waals surface area (Å²) >= 11 is 0. The Morgan fingerprint density at radius 2 is 2.05 bits per heavy atom. The van der Waals surface area contributed by atoms with E-state index in [9.17, 15) is 13.2 Å². The minimum Gasteiger partial charge on any atom is -0.466 e. The highest BCUT2D eigenvalue weighted by molar-refractivity contribution is 7.89. The van der Waals surface area contributed by atoms with E-state index in [4.69, 9.17) is 4.74 Å². The van der Waals surface area contributed by atoms with Crippen LogP contribution in [0.1, 0.15) is 32.6 Å². The monoisotopic (exact) mass is 290 g/mol. The van der Waals surface area contributed by atoms with E-state index in [1.165, 1.54) is 4.31 Å². The number of nitrogens with zero attached hydrogens (tertiary/aromatic N) is 1. The third-order valence-corrected chi connectivity index (χ3v) is 5.59. The number of esters is 1. The number of sulfonamides is 1. The van der Waals surface area contributed by atoms with Crippen LogP contribution in [0.15, 0.2) is 0 Å². The van der Waals surface area contributed by atoms with Gasteiger partial charge in [-0.15, -0.1) is 0 Å². The average Bonchev–Trinajstić information content (AvgIpc) is 2.66. The maximum Gasteiger partial charge on any atom is 0.306 e. The van der Waals surface area contributed by atoms with Crippen molar-refractivity contribution in [3.8, 4) is 0 Å². The van der Waals surface area contributed by atoms with Crippen LogP contribution in [-0.2, 0) is 19.6 Å². The smallest absolute Gasteiger partial charge is 0.306 e. The molecule has 2 aliphatic heterocycles. The van der Waals surface area contributed by atoms with Crippen molar-refractivity contribution in [2.75, 3.05) is 25.4 Å². The quantitative estimate of drug-likeness (QED) is 0.727. The van der Waals surface area contributed by atoms with E-state index in [0.29, 0.717) is 19.1 Å². The van der Waals surface area contributed by atoms with Crippen molar-refractivity contribution < 1.29 is 17.9 Å². The molecule has 2 heterocycles. The maximum absolute atomic E-state index is 12.2. The molecule has 0 saturated carbocycles. The second-order valence-corrected chi connectivity index (χ2v) is 7.24. The number of rotatable bonds is 5. The van der Waals surface area contributed by atoms with Gasteiger partial charge in [-0.3, -0.25) is 4.79 Å². The highest BCUT2D eigenvalue weighted by Crippen LogP contribution is 2.22. The number of ether oxygens (including phenoxy) is 1. The summed E-state index contributed by atoms with van der Waals surface area (Å²) in [6.07, 6.45) is 2.97. The Morgan fingerprint density at radius 1 is 1.32 bits per heavy atom. The zero-order chi connectivity index (χ0) is 13.9. The number of carbonyl (C=O) groups is 1. The standard InChI is InChI=1S/C12H22N2O4S/c1-2-18-12(15)6-8-19(16,17)14-7-5-10-3-4-11(9-14)13-10/h10-11,13H,2-9H2,1H3. The zero-order valence-electron chi connectivity index (χ0n) is 11.3. The second-order valence-electron chi connectivity index (χ2n) is 5.16. The highest BCUT2D eigenvalue weighted by atomic mass is 32.2. The largest absolute Gasteiger partial charge is 0.466 e. The summed E-state index contributed by atoms with van der Waals surface area (Å²) in [4.78, 5) is 11.3. The lowest BCUT2D eigenvalue weighted by molar-refractivity contribution is -0.142. The van der Waals surface area contributed by atoms with Gasteiger partial charge in [-0.25, -0.2) is 12.7 Å². The fourth-order valence-electron chi connectivity index (χ4n) is 2.74. The van der Waals surface area contributed by atoms with Crippen LogP contribution in [0.2, 0.25) is 0 Å². The lowest BCUT2D eigenvalue weighted by Crippen LogP contribution is -2.40. The van der Waals surface area contributed by atoms with Gasteiger partial charge in [0.2, 0.25) is 10.0 Å². The van der Waals surface area contributed by atoms with E-state index < -0.39 is 16.0 Å². The first-order chi connectivity index (χ1) is 9.01. The summed E-state index contributed by atoms with van der Waals surface area (Å²) in [6, 6.07) is 0.722. The van der Waals surface area contributed by atoms with E-state index in [1.807, 2.05) is 0 Å². The third-order valence-electron chi connectivity index (χ3n) is 3.75. The lowest BCUT2D eigenvalue weighted by Gasteiger charge is -2.23. The van der Waals surface area contributed by atoms with Gasteiger partial charge in [0.25, 0.3) is 0 Å². The first kappa shape index (κ1) is 14.7. The molecular weight excluding hydrogens is 268 g/mol. The van der Waals surface area contributed by atoms with Crippen LogP contribution >= 0.6 is 0 Å². The molecule has 7 heteroatoms.